The maximum atomic E-state index is 13.1. The molecule has 2 heterocycles. The minimum Gasteiger partial charge on any atom is -0.493 e. The van der Waals surface area contributed by atoms with Crippen molar-refractivity contribution in [3.63, 3.8) is 0 Å². The van der Waals surface area contributed by atoms with Gasteiger partial charge in [-0.1, -0.05) is 6.07 Å². The Morgan fingerprint density at radius 2 is 2.04 bits per heavy atom. The summed E-state index contributed by atoms with van der Waals surface area (Å²) in [5.41, 5.74) is 6.13. The quantitative estimate of drug-likeness (QED) is 0.828. The minimum absolute atomic E-state index is 0.110. The Labute approximate surface area is 163 Å². The molecule has 1 atom stereocenters. The summed E-state index contributed by atoms with van der Waals surface area (Å²) >= 11 is 0. The van der Waals surface area contributed by atoms with Crippen LogP contribution in [0.15, 0.2) is 42.6 Å². The van der Waals surface area contributed by atoms with Crippen molar-refractivity contribution in [1.29, 1.82) is 0 Å². The molecule has 6 nitrogen and oxygen atoms in total. The van der Waals surface area contributed by atoms with Gasteiger partial charge in [0.15, 0.2) is 0 Å². The molecule has 1 aromatic heterocycles. The molecule has 0 saturated carbocycles. The lowest BCUT2D eigenvalue weighted by atomic mass is 9.77. The van der Waals surface area contributed by atoms with Crippen LogP contribution in [-0.2, 0) is 4.79 Å². The predicted octanol–water partition coefficient (Wildman–Crippen LogP) is 2.71. The summed E-state index contributed by atoms with van der Waals surface area (Å²) in [7, 11) is 0. The number of primary amides is 1. The van der Waals surface area contributed by atoms with Crippen molar-refractivity contribution in [3.05, 3.63) is 59.7 Å². The second-order valence-electron chi connectivity index (χ2n) is 7.38. The number of hydrogen-bond donors (Lipinski definition) is 1. The number of piperidine rings is 1. The zero-order chi connectivity index (χ0) is 20.1. The lowest BCUT2D eigenvalue weighted by molar-refractivity contribution is -0.122. The van der Waals surface area contributed by atoms with Gasteiger partial charge in [-0.25, -0.2) is 4.39 Å². The maximum absolute atomic E-state index is 13.1. The fourth-order valence-corrected chi connectivity index (χ4v) is 3.69. The smallest absolute Gasteiger partial charge is 0.272 e. The number of nitrogens with two attached hydrogens (primary N) is 1. The summed E-state index contributed by atoms with van der Waals surface area (Å²) in [6.07, 6.45) is 3.15. The molecule has 148 valence electrons. The number of carbonyl (C=O) groups is 2. The largest absolute Gasteiger partial charge is 0.493 e. The molecule has 0 aliphatic carbocycles. The number of likely N-dealkylation sites (tertiary alicyclic amines) is 1. The highest BCUT2D eigenvalue weighted by Crippen LogP contribution is 2.35. The molecule has 1 aliphatic rings. The SMILES string of the molecule is Cc1cccnc1C(=O)N1CCC[C@@](COc2ccc(F)cc2)(CC(N)=O)C1. The number of pyridine rings is 1. The molecule has 0 radical (unpaired) electrons. The molecule has 0 spiro atoms. The molecule has 28 heavy (non-hydrogen) atoms. The second-order valence-corrected chi connectivity index (χ2v) is 7.38. The lowest BCUT2D eigenvalue weighted by Crippen LogP contribution is -2.50. The third-order valence-corrected chi connectivity index (χ3v) is 5.07. The van der Waals surface area contributed by atoms with Gasteiger partial charge in [0.2, 0.25) is 5.91 Å². The third-order valence-electron chi connectivity index (χ3n) is 5.07. The predicted molar refractivity (Wildman–Crippen MR) is 102 cm³/mol. The molecule has 2 amide bonds. The number of rotatable bonds is 6. The number of aromatic nitrogens is 1. The van der Waals surface area contributed by atoms with Gasteiger partial charge < -0.3 is 15.4 Å². The molecular formula is C21H24FN3O3. The number of benzene rings is 1. The zero-order valence-corrected chi connectivity index (χ0v) is 15.9. The second kappa shape index (κ2) is 8.37. The summed E-state index contributed by atoms with van der Waals surface area (Å²) < 4.78 is 18.9. The molecule has 3 rings (SSSR count). The van der Waals surface area contributed by atoms with Crippen molar-refractivity contribution in [3.8, 4) is 5.75 Å². The summed E-state index contributed by atoms with van der Waals surface area (Å²) in [4.78, 5) is 30.6. The number of amides is 2. The summed E-state index contributed by atoms with van der Waals surface area (Å²) in [5, 5.41) is 0. The van der Waals surface area contributed by atoms with Crippen molar-refractivity contribution in [2.24, 2.45) is 11.1 Å². The third kappa shape index (κ3) is 4.65. The Hall–Kier alpha value is -2.96. The molecule has 1 saturated heterocycles. The van der Waals surface area contributed by atoms with Gasteiger partial charge in [0.05, 0.1) is 6.61 Å². The minimum atomic E-state index is -0.586. The van der Waals surface area contributed by atoms with Crippen LogP contribution < -0.4 is 10.5 Å². The van der Waals surface area contributed by atoms with Crippen LogP contribution >= 0.6 is 0 Å². The highest BCUT2D eigenvalue weighted by Gasteiger charge is 2.40. The molecule has 1 aliphatic heterocycles. The highest BCUT2D eigenvalue weighted by molar-refractivity contribution is 5.93. The number of hydrogen-bond acceptors (Lipinski definition) is 4. The average molecular weight is 385 g/mol. The van der Waals surface area contributed by atoms with Crippen molar-refractivity contribution >= 4 is 11.8 Å². The van der Waals surface area contributed by atoms with E-state index in [0.717, 1.165) is 12.0 Å². The van der Waals surface area contributed by atoms with Gasteiger partial charge >= 0.3 is 0 Å². The van der Waals surface area contributed by atoms with E-state index < -0.39 is 11.3 Å². The van der Waals surface area contributed by atoms with E-state index in [1.165, 1.54) is 24.3 Å². The van der Waals surface area contributed by atoms with Crippen molar-refractivity contribution < 1.29 is 18.7 Å². The number of nitrogens with zero attached hydrogens (tertiary/aromatic N) is 2. The van der Waals surface area contributed by atoms with E-state index >= 15 is 0 Å². The molecule has 2 N–H and O–H groups in total. The first-order valence-corrected chi connectivity index (χ1v) is 9.26. The van der Waals surface area contributed by atoms with E-state index in [9.17, 15) is 14.0 Å². The van der Waals surface area contributed by atoms with Crippen LogP contribution in [0.5, 0.6) is 5.75 Å². The Kier molecular flexibility index (Phi) is 5.92. The van der Waals surface area contributed by atoms with Crippen LogP contribution in [0.4, 0.5) is 4.39 Å². The van der Waals surface area contributed by atoms with E-state index in [4.69, 9.17) is 10.5 Å². The van der Waals surface area contributed by atoms with Crippen LogP contribution in [0, 0.1) is 18.2 Å². The van der Waals surface area contributed by atoms with Gasteiger partial charge in [-0.05, 0) is 55.7 Å². The van der Waals surface area contributed by atoms with Gasteiger partial charge in [0.1, 0.15) is 17.3 Å². The van der Waals surface area contributed by atoms with E-state index in [-0.39, 0.29) is 24.8 Å². The van der Waals surface area contributed by atoms with Crippen LogP contribution in [0.25, 0.3) is 0 Å². The fraction of sp³-hybridized carbons (Fsp3) is 0.381. The van der Waals surface area contributed by atoms with Gasteiger partial charge in [0.25, 0.3) is 5.91 Å². The van der Waals surface area contributed by atoms with Crippen molar-refractivity contribution in [2.75, 3.05) is 19.7 Å². The Balaban J connectivity index is 1.77. The molecule has 0 unspecified atom stereocenters. The van der Waals surface area contributed by atoms with Gasteiger partial charge in [-0.2, -0.15) is 0 Å². The topological polar surface area (TPSA) is 85.5 Å². The summed E-state index contributed by atoms with van der Waals surface area (Å²) in [6, 6.07) is 9.34. The molecular weight excluding hydrogens is 361 g/mol. The molecule has 0 bridgehead atoms. The van der Waals surface area contributed by atoms with E-state index in [0.29, 0.717) is 31.0 Å². The lowest BCUT2D eigenvalue weighted by Gasteiger charge is -2.42. The Bertz CT molecular complexity index is 856. The normalized spacial score (nSPS) is 19.3. The summed E-state index contributed by atoms with van der Waals surface area (Å²) in [5.74, 6) is -0.437. The highest BCUT2D eigenvalue weighted by atomic mass is 19.1. The van der Waals surface area contributed by atoms with E-state index in [1.807, 2.05) is 13.0 Å². The monoisotopic (exact) mass is 385 g/mol. The number of aryl methyl sites for hydroxylation is 1. The first kappa shape index (κ1) is 19.8. The first-order valence-electron chi connectivity index (χ1n) is 9.26. The Morgan fingerprint density at radius 3 is 2.71 bits per heavy atom. The molecule has 1 aromatic carbocycles. The van der Waals surface area contributed by atoms with Crippen LogP contribution in [0.2, 0.25) is 0 Å². The number of halogens is 1. The zero-order valence-electron chi connectivity index (χ0n) is 15.9. The van der Waals surface area contributed by atoms with Crippen LogP contribution in [0.3, 0.4) is 0 Å². The number of ether oxygens (including phenoxy) is 1. The van der Waals surface area contributed by atoms with Crippen LogP contribution in [0.1, 0.15) is 35.3 Å². The fourth-order valence-electron chi connectivity index (χ4n) is 3.69. The average Bonchev–Trinajstić information content (AvgIpc) is 2.67. The van der Waals surface area contributed by atoms with E-state index in [1.54, 1.807) is 17.2 Å². The Morgan fingerprint density at radius 1 is 1.29 bits per heavy atom. The van der Waals surface area contributed by atoms with E-state index in [2.05, 4.69) is 4.98 Å². The first-order chi connectivity index (χ1) is 13.4. The maximum Gasteiger partial charge on any atom is 0.272 e. The van der Waals surface area contributed by atoms with Gasteiger partial charge in [0, 0.05) is 31.1 Å². The molecule has 2 aromatic rings. The number of carbonyl (C=O) groups excluding carboxylic acids is 2. The van der Waals surface area contributed by atoms with Gasteiger partial charge in [-0.3, -0.25) is 14.6 Å². The van der Waals surface area contributed by atoms with Crippen LogP contribution in [-0.4, -0.2) is 41.4 Å². The molecule has 7 heteroatoms. The van der Waals surface area contributed by atoms with Crippen molar-refractivity contribution in [1.82, 2.24) is 9.88 Å². The van der Waals surface area contributed by atoms with Crippen molar-refractivity contribution in [2.45, 2.75) is 26.2 Å². The summed E-state index contributed by atoms with van der Waals surface area (Å²) in [6.45, 7) is 3.00. The standard InChI is InChI=1S/C21H24FN3O3/c1-15-4-2-10-24-19(15)20(27)25-11-3-9-21(13-25,12-18(23)26)14-28-17-7-5-16(22)6-8-17/h2,4-8,10H,3,9,11-14H2,1H3,(H2,23,26)/t21-/m1/s1. The van der Waals surface area contributed by atoms with Gasteiger partial charge in [-0.15, -0.1) is 0 Å². The molecule has 1 fully saturated rings.